The Morgan fingerprint density at radius 2 is 2.24 bits per heavy atom. The van der Waals surface area contributed by atoms with Gasteiger partial charge in [-0.05, 0) is 30.7 Å². The summed E-state index contributed by atoms with van der Waals surface area (Å²) >= 11 is 5.94. The lowest BCUT2D eigenvalue weighted by Gasteiger charge is -2.09. The minimum absolute atomic E-state index is 0.118. The van der Waals surface area contributed by atoms with Gasteiger partial charge in [0.25, 0.3) is 0 Å². The fourth-order valence-corrected chi connectivity index (χ4v) is 3.20. The van der Waals surface area contributed by atoms with Gasteiger partial charge in [0.2, 0.25) is 10.0 Å². The Hall–Kier alpha value is -1.57. The number of methoxy groups -OCH3 is 1. The largest absolute Gasteiger partial charge is 0.495 e. The van der Waals surface area contributed by atoms with Crippen LogP contribution in [0.1, 0.15) is 6.42 Å². The van der Waals surface area contributed by atoms with Crippen LogP contribution in [0.25, 0.3) is 0 Å². The van der Waals surface area contributed by atoms with Crippen LogP contribution in [0, 0.1) is 0 Å². The lowest BCUT2D eigenvalue weighted by atomic mass is 10.3. The van der Waals surface area contributed by atoms with Gasteiger partial charge in [-0.3, -0.25) is 4.68 Å². The molecule has 8 heteroatoms. The van der Waals surface area contributed by atoms with E-state index in [9.17, 15) is 8.42 Å². The summed E-state index contributed by atoms with van der Waals surface area (Å²) in [5.74, 6) is 0.439. The molecule has 0 amide bonds. The minimum Gasteiger partial charge on any atom is -0.495 e. The van der Waals surface area contributed by atoms with Gasteiger partial charge in [0.15, 0.2) is 0 Å². The number of nitrogens with one attached hydrogen (secondary N) is 1. The Bertz CT molecular complexity index is 687. The molecular formula is C13H16ClN3O3S. The Morgan fingerprint density at radius 1 is 1.43 bits per heavy atom. The standard InChI is InChI=1S/C13H16ClN3O3S/c1-20-13-5-4-11(10-12(13)14)21(18,19)16-7-3-9-17-8-2-6-15-17/h2,4-6,8,10,16H,3,7,9H2,1H3. The number of hydrogen-bond acceptors (Lipinski definition) is 4. The second-order valence-electron chi connectivity index (χ2n) is 4.32. The van der Waals surface area contributed by atoms with Crippen LogP contribution >= 0.6 is 11.6 Å². The second kappa shape index (κ2) is 6.93. The summed E-state index contributed by atoms with van der Waals surface area (Å²) in [4.78, 5) is 0.118. The average molecular weight is 330 g/mol. The van der Waals surface area contributed by atoms with Gasteiger partial charge in [0.05, 0.1) is 17.0 Å². The van der Waals surface area contributed by atoms with Crippen molar-refractivity contribution in [1.82, 2.24) is 14.5 Å². The topological polar surface area (TPSA) is 73.2 Å². The predicted molar refractivity (Wildman–Crippen MR) is 80.0 cm³/mol. The molecule has 1 aromatic carbocycles. The van der Waals surface area contributed by atoms with Crippen LogP contribution in [-0.4, -0.2) is 31.9 Å². The van der Waals surface area contributed by atoms with Crippen molar-refractivity contribution in [3.05, 3.63) is 41.7 Å². The number of halogens is 1. The summed E-state index contributed by atoms with van der Waals surface area (Å²) in [5.41, 5.74) is 0. The molecule has 1 aromatic heterocycles. The molecule has 0 saturated heterocycles. The summed E-state index contributed by atoms with van der Waals surface area (Å²) in [6.45, 7) is 0.977. The van der Waals surface area contributed by atoms with Crippen molar-refractivity contribution in [2.24, 2.45) is 0 Å². The summed E-state index contributed by atoms with van der Waals surface area (Å²) in [6.07, 6.45) is 4.16. The molecule has 2 aromatic rings. The Labute approximate surface area is 128 Å². The molecule has 0 spiro atoms. The highest BCUT2D eigenvalue weighted by atomic mass is 35.5. The maximum absolute atomic E-state index is 12.1. The normalized spacial score (nSPS) is 11.5. The average Bonchev–Trinajstić information content (AvgIpc) is 2.97. The van der Waals surface area contributed by atoms with E-state index in [1.165, 1.54) is 25.3 Å². The highest BCUT2D eigenvalue weighted by Crippen LogP contribution is 2.26. The van der Waals surface area contributed by atoms with Crippen molar-refractivity contribution in [1.29, 1.82) is 0 Å². The van der Waals surface area contributed by atoms with Crippen molar-refractivity contribution in [2.45, 2.75) is 17.9 Å². The summed E-state index contributed by atoms with van der Waals surface area (Å²) in [6, 6.07) is 6.18. The monoisotopic (exact) mass is 329 g/mol. The fraction of sp³-hybridized carbons (Fsp3) is 0.308. The van der Waals surface area contributed by atoms with Crippen molar-refractivity contribution in [2.75, 3.05) is 13.7 Å². The molecule has 0 unspecified atom stereocenters. The molecule has 0 fully saturated rings. The zero-order valence-corrected chi connectivity index (χ0v) is 13.1. The third kappa shape index (κ3) is 4.20. The number of nitrogens with zero attached hydrogens (tertiary/aromatic N) is 2. The van der Waals surface area contributed by atoms with Crippen LogP contribution in [-0.2, 0) is 16.6 Å². The van der Waals surface area contributed by atoms with E-state index in [1.807, 2.05) is 12.3 Å². The van der Waals surface area contributed by atoms with Gasteiger partial charge in [-0.25, -0.2) is 13.1 Å². The molecular weight excluding hydrogens is 314 g/mol. The highest BCUT2D eigenvalue weighted by Gasteiger charge is 2.15. The van der Waals surface area contributed by atoms with Crippen LogP contribution in [0.15, 0.2) is 41.6 Å². The van der Waals surface area contributed by atoms with Crippen molar-refractivity contribution in [3.63, 3.8) is 0 Å². The van der Waals surface area contributed by atoms with Crippen molar-refractivity contribution >= 4 is 21.6 Å². The first-order chi connectivity index (χ1) is 10.0. The fourth-order valence-electron chi connectivity index (χ4n) is 1.78. The molecule has 1 heterocycles. The van der Waals surface area contributed by atoms with E-state index in [2.05, 4.69) is 9.82 Å². The van der Waals surface area contributed by atoms with Gasteiger partial charge < -0.3 is 4.74 Å². The zero-order valence-electron chi connectivity index (χ0n) is 11.5. The molecule has 0 saturated carbocycles. The molecule has 0 aliphatic heterocycles. The summed E-state index contributed by atoms with van der Waals surface area (Å²) < 4.78 is 33.5. The van der Waals surface area contributed by atoms with Crippen LogP contribution < -0.4 is 9.46 Å². The van der Waals surface area contributed by atoms with E-state index < -0.39 is 10.0 Å². The van der Waals surface area contributed by atoms with E-state index in [1.54, 1.807) is 10.9 Å². The number of rotatable bonds is 7. The molecule has 0 aliphatic rings. The highest BCUT2D eigenvalue weighted by molar-refractivity contribution is 7.89. The van der Waals surface area contributed by atoms with Gasteiger partial charge >= 0.3 is 0 Å². The first-order valence-electron chi connectivity index (χ1n) is 6.33. The third-order valence-electron chi connectivity index (χ3n) is 2.85. The van der Waals surface area contributed by atoms with E-state index in [0.29, 0.717) is 25.3 Å². The zero-order chi connectivity index (χ0) is 15.3. The lowest BCUT2D eigenvalue weighted by Crippen LogP contribution is -2.25. The Kier molecular flexibility index (Phi) is 5.22. The van der Waals surface area contributed by atoms with Crippen LogP contribution in [0.4, 0.5) is 0 Å². The number of benzene rings is 1. The molecule has 1 N–H and O–H groups in total. The van der Waals surface area contributed by atoms with Gasteiger partial charge in [0, 0.05) is 25.5 Å². The smallest absolute Gasteiger partial charge is 0.240 e. The molecule has 0 bridgehead atoms. The number of aromatic nitrogens is 2. The molecule has 6 nitrogen and oxygen atoms in total. The first kappa shape index (κ1) is 15.8. The maximum Gasteiger partial charge on any atom is 0.240 e. The number of hydrogen-bond donors (Lipinski definition) is 1. The predicted octanol–water partition coefficient (Wildman–Crippen LogP) is 1.91. The molecule has 21 heavy (non-hydrogen) atoms. The van der Waals surface area contributed by atoms with E-state index in [0.717, 1.165) is 0 Å². The molecule has 0 radical (unpaired) electrons. The molecule has 2 rings (SSSR count). The van der Waals surface area contributed by atoms with E-state index >= 15 is 0 Å². The van der Waals surface area contributed by atoms with Gasteiger partial charge in [-0.2, -0.15) is 5.10 Å². The third-order valence-corrected chi connectivity index (χ3v) is 4.60. The van der Waals surface area contributed by atoms with Gasteiger partial charge in [0.1, 0.15) is 5.75 Å². The summed E-state index contributed by atoms with van der Waals surface area (Å²) in [5, 5.41) is 4.31. The van der Waals surface area contributed by atoms with Crippen molar-refractivity contribution in [3.8, 4) is 5.75 Å². The number of ether oxygens (including phenoxy) is 1. The summed E-state index contributed by atoms with van der Waals surface area (Å²) in [7, 11) is -2.09. The first-order valence-corrected chi connectivity index (χ1v) is 8.19. The van der Waals surface area contributed by atoms with Crippen LogP contribution in [0.5, 0.6) is 5.75 Å². The van der Waals surface area contributed by atoms with E-state index in [4.69, 9.17) is 16.3 Å². The van der Waals surface area contributed by atoms with Crippen molar-refractivity contribution < 1.29 is 13.2 Å². The molecule has 0 aliphatic carbocycles. The Balaban J connectivity index is 1.93. The molecule has 114 valence electrons. The van der Waals surface area contributed by atoms with Crippen LogP contribution in [0.2, 0.25) is 5.02 Å². The SMILES string of the molecule is COc1ccc(S(=O)(=O)NCCCn2cccn2)cc1Cl. The number of sulfonamides is 1. The maximum atomic E-state index is 12.1. The number of aryl methyl sites for hydroxylation is 1. The van der Waals surface area contributed by atoms with Crippen LogP contribution in [0.3, 0.4) is 0 Å². The Morgan fingerprint density at radius 3 is 2.86 bits per heavy atom. The van der Waals surface area contributed by atoms with Gasteiger partial charge in [-0.15, -0.1) is 0 Å². The molecule has 0 atom stereocenters. The lowest BCUT2D eigenvalue weighted by molar-refractivity contribution is 0.414. The second-order valence-corrected chi connectivity index (χ2v) is 6.49. The van der Waals surface area contributed by atoms with Gasteiger partial charge in [-0.1, -0.05) is 11.6 Å². The minimum atomic E-state index is -3.57. The van der Waals surface area contributed by atoms with E-state index in [-0.39, 0.29) is 9.92 Å². The quantitative estimate of drug-likeness (QED) is 0.788.